The van der Waals surface area contributed by atoms with E-state index in [2.05, 4.69) is 5.32 Å². The van der Waals surface area contributed by atoms with Gasteiger partial charge in [0.05, 0.1) is 11.5 Å². The summed E-state index contributed by atoms with van der Waals surface area (Å²) in [4.78, 5) is 0. The van der Waals surface area contributed by atoms with E-state index in [9.17, 15) is 8.42 Å². The highest BCUT2D eigenvalue weighted by Crippen LogP contribution is 2.33. The highest BCUT2D eigenvalue weighted by Gasteiger charge is 2.24. The van der Waals surface area contributed by atoms with Crippen LogP contribution in [0.1, 0.15) is 38.5 Å². The van der Waals surface area contributed by atoms with Gasteiger partial charge in [0, 0.05) is 6.04 Å². The highest BCUT2D eigenvalue weighted by atomic mass is 32.2. The predicted octanol–water partition coefficient (Wildman–Crippen LogP) is 1.34. The summed E-state index contributed by atoms with van der Waals surface area (Å²) in [7, 11) is -2.74. The lowest BCUT2D eigenvalue weighted by Gasteiger charge is -2.23. The zero-order valence-electron chi connectivity index (χ0n) is 9.24. The fourth-order valence-electron chi connectivity index (χ4n) is 2.29. The van der Waals surface area contributed by atoms with Crippen LogP contribution in [0.2, 0.25) is 0 Å². The van der Waals surface area contributed by atoms with E-state index in [4.69, 9.17) is 0 Å². The summed E-state index contributed by atoms with van der Waals surface area (Å²) in [6.45, 7) is 0.997. The van der Waals surface area contributed by atoms with Crippen molar-refractivity contribution in [1.29, 1.82) is 0 Å². The molecule has 1 saturated carbocycles. The number of rotatable bonds is 5. The van der Waals surface area contributed by atoms with Crippen LogP contribution in [0.4, 0.5) is 0 Å². The van der Waals surface area contributed by atoms with Gasteiger partial charge in [-0.05, 0) is 38.1 Å². The molecule has 3 nitrogen and oxygen atoms in total. The minimum Gasteiger partial charge on any atom is -0.313 e. The first-order chi connectivity index (χ1) is 7.16. The predicted molar refractivity (Wildman–Crippen MR) is 61.6 cm³/mol. The molecule has 4 heteroatoms. The molecule has 0 bridgehead atoms. The zero-order chi connectivity index (χ0) is 10.7. The molecule has 0 spiro atoms. The molecule has 1 aliphatic heterocycles. The van der Waals surface area contributed by atoms with Gasteiger partial charge in [0.25, 0.3) is 0 Å². The molecule has 1 saturated heterocycles. The summed E-state index contributed by atoms with van der Waals surface area (Å²) in [5.41, 5.74) is 0. The molecule has 1 heterocycles. The first kappa shape index (κ1) is 11.4. The molecule has 2 rings (SSSR count). The maximum atomic E-state index is 11.4. The van der Waals surface area contributed by atoms with E-state index >= 15 is 0 Å². The third-order valence-electron chi connectivity index (χ3n) is 3.38. The van der Waals surface area contributed by atoms with Gasteiger partial charge in [-0.1, -0.05) is 12.8 Å². The summed E-state index contributed by atoms with van der Waals surface area (Å²) < 4.78 is 22.7. The van der Waals surface area contributed by atoms with Crippen molar-refractivity contribution in [3.8, 4) is 0 Å². The lowest BCUT2D eigenvalue weighted by Crippen LogP contribution is -2.40. The third-order valence-corrected chi connectivity index (χ3v) is 5.20. The molecular weight excluding hydrogens is 210 g/mol. The summed E-state index contributed by atoms with van der Waals surface area (Å²) in [5.74, 6) is 1.74. The maximum absolute atomic E-state index is 11.4. The van der Waals surface area contributed by atoms with Crippen molar-refractivity contribution >= 4 is 9.84 Å². The molecule has 1 aliphatic carbocycles. The Morgan fingerprint density at radius 2 is 2.00 bits per heavy atom. The normalized spacial score (nSPS) is 30.3. The second kappa shape index (κ2) is 4.83. The average Bonchev–Trinajstić information content (AvgIpc) is 2.94. The second-order valence-corrected chi connectivity index (χ2v) is 7.22. The Bertz CT molecular complexity index is 296. The molecule has 0 radical (unpaired) electrons. The van der Waals surface area contributed by atoms with E-state index in [1.54, 1.807) is 0 Å². The van der Waals surface area contributed by atoms with Gasteiger partial charge in [-0.3, -0.25) is 0 Å². The van der Waals surface area contributed by atoms with E-state index in [0.717, 1.165) is 25.3 Å². The lowest BCUT2D eigenvalue weighted by atomic mass is 10.1. The molecule has 1 unspecified atom stereocenters. The molecule has 1 atom stereocenters. The van der Waals surface area contributed by atoms with Crippen molar-refractivity contribution in [1.82, 2.24) is 5.32 Å². The summed E-state index contributed by atoms with van der Waals surface area (Å²) in [5, 5.41) is 3.38. The van der Waals surface area contributed by atoms with Gasteiger partial charge in [0.1, 0.15) is 0 Å². The largest absolute Gasteiger partial charge is 0.313 e. The van der Waals surface area contributed by atoms with Crippen LogP contribution < -0.4 is 5.32 Å². The van der Waals surface area contributed by atoms with Gasteiger partial charge < -0.3 is 5.32 Å². The number of hydrogen-bond acceptors (Lipinski definition) is 3. The smallest absolute Gasteiger partial charge is 0.151 e. The number of sulfone groups is 1. The Kier molecular flexibility index (Phi) is 3.67. The molecule has 0 aromatic heterocycles. The minimum atomic E-state index is -2.74. The van der Waals surface area contributed by atoms with Crippen LogP contribution in [0.3, 0.4) is 0 Å². The van der Waals surface area contributed by atoms with Crippen LogP contribution in [0.5, 0.6) is 0 Å². The molecule has 2 aliphatic rings. The Morgan fingerprint density at radius 3 is 2.67 bits per heavy atom. The summed E-state index contributed by atoms with van der Waals surface area (Å²) in [6.07, 6.45) is 7.23. The molecule has 88 valence electrons. The lowest BCUT2D eigenvalue weighted by molar-refractivity contribution is 0.468. The first-order valence-electron chi connectivity index (χ1n) is 6.09. The number of hydrogen-bond donors (Lipinski definition) is 1. The van der Waals surface area contributed by atoms with E-state index < -0.39 is 9.84 Å². The molecule has 0 amide bonds. The standard InChI is InChI=1S/C11H21NO2S/c13-15(14)8-2-4-11(9-15)12-7-1-3-10-5-6-10/h10-12H,1-9H2. The van der Waals surface area contributed by atoms with Crippen LogP contribution in [0.25, 0.3) is 0 Å². The van der Waals surface area contributed by atoms with Crippen molar-refractivity contribution in [2.24, 2.45) is 5.92 Å². The summed E-state index contributed by atoms with van der Waals surface area (Å²) in [6, 6.07) is 0.225. The van der Waals surface area contributed by atoms with Crippen LogP contribution in [0, 0.1) is 5.92 Å². The molecular formula is C11H21NO2S. The van der Waals surface area contributed by atoms with Crippen LogP contribution >= 0.6 is 0 Å². The quantitative estimate of drug-likeness (QED) is 0.726. The highest BCUT2D eigenvalue weighted by molar-refractivity contribution is 7.91. The molecule has 2 fully saturated rings. The van der Waals surface area contributed by atoms with Gasteiger partial charge in [-0.2, -0.15) is 0 Å². The Hall–Kier alpha value is -0.0900. The van der Waals surface area contributed by atoms with E-state index in [-0.39, 0.29) is 6.04 Å². The fourth-order valence-corrected chi connectivity index (χ4v) is 3.96. The third kappa shape index (κ3) is 4.11. The van der Waals surface area contributed by atoms with E-state index in [1.807, 2.05) is 0 Å². The topological polar surface area (TPSA) is 46.2 Å². The van der Waals surface area contributed by atoms with Crippen LogP contribution in [0.15, 0.2) is 0 Å². The average molecular weight is 231 g/mol. The summed E-state index contributed by atoms with van der Waals surface area (Å²) >= 11 is 0. The Labute approximate surface area is 92.6 Å². The molecule has 0 aromatic carbocycles. The van der Waals surface area contributed by atoms with Gasteiger partial charge in [-0.25, -0.2) is 8.42 Å². The second-order valence-electron chi connectivity index (χ2n) is 4.99. The van der Waals surface area contributed by atoms with E-state index in [0.29, 0.717) is 11.5 Å². The van der Waals surface area contributed by atoms with Crippen LogP contribution in [-0.4, -0.2) is 32.5 Å². The van der Waals surface area contributed by atoms with E-state index in [1.165, 1.54) is 25.7 Å². The van der Waals surface area contributed by atoms with Crippen molar-refractivity contribution in [3.05, 3.63) is 0 Å². The van der Waals surface area contributed by atoms with Crippen LogP contribution in [-0.2, 0) is 9.84 Å². The van der Waals surface area contributed by atoms with Gasteiger partial charge >= 0.3 is 0 Å². The van der Waals surface area contributed by atoms with Gasteiger partial charge in [-0.15, -0.1) is 0 Å². The van der Waals surface area contributed by atoms with Crippen molar-refractivity contribution in [2.75, 3.05) is 18.1 Å². The fraction of sp³-hybridized carbons (Fsp3) is 1.00. The monoisotopic (exact) mass is 231 g/mol. The molecule has 15 heavy (non-hydrogen) atoms. The Morgan fingerprint density at radius 1 is 1.20 bits per heavy atom. The van der Waals surface area contributed by atoms with Gasteiger partial charge in [0.15, 0.2) is 9.84 Å². The number of nitrogens with one attached hydrogen (secondary N) is 1. The van der Waals surface area contributed by atoms with Gasteiger partial charge in [0.2, 0.25) is 0 Å². The zero-order valence-corrected chi connectivity index (χ0v) is 10.1. The van der Waals surface area contributed by atoms with Crippen molar-refractivity contribution in [3.63, 3.8) is 0 Å². The Balaban J connectivity index is 1.61. The molecule has 0 aromatic rings. The SMILES string of the molecule is O=S1(=O)CCCC(NCCCC2CC2)C1. The molecule has 1 N–H and O–H groups in total. The minimum absolute atomic E-state index is 0.225. The van der Waals surface area contributed by atoms with Crippen molar-refractivity contribution < 1.29 is 8.42 Å². The first-order valence-corrected chi connectivity index (χ1v) is 7.92. The maximum Gasteiger partial charge on any atom is 0.151 e. The van der Waals surface area contributed by atoms with Crippen molar-refractivity contribution in [2.45, 2.75) is 44.6 Å².